The zero-order valence-corrected chi connectivity index (χ0v) is 10.9. The molecule has 1 saturated carbocycles. The Kier molecular flexibility index (Phi) is 2.56. The summed E-state index contributed by atoms with van der Waals surface area (Å²) < 4.78 is 2.77. The molecule has 1 aromatic carbocycles. The summed E-state index contributed by atoms with van der Waals surface area (Å²) >= 11 is 3.44. The molecule has 0 saturated heterocycles. The van der Waals surface area contributed by atoms with Crippen LogP contribution >= 0.6 is 15.9 Å². The summed E-state index contributed by atoms with van der Waals surface area (Å²) in [6.07, 6.45) is 4.37. The Bertz CT molecular complexity index is 529. The highest BCUT2D eigenvalue weighted by atomic mass is 79.9. The number of nitrogens with zero attached hydrogens (tertiary/aromatic N) is 2. The number of rotatable bonds is 3. The number of hydrogen-bond acceptors (Lipinski definition) is 2. The van der Waals surface area contributed by atoms with Gasteiger partial charge in [-0.25, -0.2) is 4.68 Å². The van der Waals surface area contributed by atoms with Crippen LogP contribution in [0.25, 0.3) is 5.69 Å². The first-order chi connectivity index (χ1) is 8.16. The molecule has 1 fully saturated rings. The molecule has 0 amide bonds. The van der Waals surface area contributed by atoms with Crippen molar-refractivity contribution >= 4 is 15.9 Å². The molecule has 17 heavy (non-hydrogen) atoms. The third kappa shape index (κ3) is 2.28. The van der Waals surface area contributed by atoms with Gasteiger partial charge in [0.15, 0.2) is 0 Å². The van der Waals surface area contributed by atoms with Gasteiger partial charge in [0.1, 0.15) is 4.60 Å². The molecule has 1 aliphatic rings. The molecule has 4 heteroatoms. The van der Waals surface area contributed by atoms with E-state index in [0.717, 1.165) is 29.6 Å². The minimum atomic E-state index is -0.423. The van der Waals surface area contributed by atoms with Crippen LogP contribution in [0, 0.1) is 0 Å². The minimum absolute atomic E-state index is 0.423. The van der Waals surface area contributed by atoms with E-state index < -0.39 is 5.60 Å². The molecular weight excluding hydrogens is 280 g/mol. The summed E-state index contributed by atoms with van der Waals surface area (Å²) in [5.41, 5.74) is 1.78. The van der Waals surface area contributed by atoms with Gasteiger partial charge in [-0.15, -0.1) is 0 Å². The van der Waals surface area contributed by atoms with Crippen LogP contribution in [0.5, 0.6) is 0 Å². The number of aliphatic hydroxyl groups is 1. The maximum absolute atomic E-state index is 9.85. The monoisotopic (exact) mass is 292 g/mol. The highest BCUT2D eigenvalue weighted by Crippen LogP contribution is 2.38. The molecule has 3 nitrogen and oxygen atoms in total. The van der Waals surface area contributed by atoms with E-state index in [9.17, 15) is 5.11 Å². The first-order valence-corrected chi connectivity index (χ1v) is 6.47. The first-order valence-electron chi connectivity index (χ1n) is 5.68. The average molecular weight is 293 g/mol. The lowest BCUT2D eigenvalue weighted by atomic mass is 10.1. The highest BCUT2D eigenvalue weighted by Gasteiger charge is 2.39. The van der Waals surface area contributed by atoms with Crippen LogP contribution < -0.4 is 0 Å². The van der Waals surface area contributed by atoms with Crippen LogP contribution in [0.15, 0.2) is 41.1 Å². The Morgan fingerprint density at radius 1 is 1.24 bits per heavy atom. The lowest BCUT2D eigenvalue weighted by molar-refractivity contribution is 0.151. The summed E-state index contributed by atoms with van der Waals surface area (Å²) in [6, 6.07) is 10.1. The second-order valence-electron chi connectivity index (χ2n) is 4.63. The van der Waals surface area contributed by atoms with Gasteiger partial charge in [-0.05, 0) is 52.5 Å². The Morgan fingerprint density at radius 3 is 2.47 bits per heavy atom. The molecule has 0 atom stereocenters. The summed E-state index contributed by atoms with van der Waals surface area (Å²) in [5.74, 6) is 0. The molecule has 0 radical (unpaired) electrons. The number of aromatic nitrogens is 2. The van der Waals surface area contributed by atoms with Crippen LogP contribution in [0.3, 0.4) is 0 Å². The Morgan fingerprint density at radius 2 is 1.94 bits per heavy atom. The fourth-order valence-corrected chi connectivity index (χ4v) is 2.35. The largest absolute Gasteiger partial charge is 0.390 e. The second kappa shape index (κ2) is 3.96. The van der Waals surface area contributed by atoms with Crippen molar-refractivity contribution in [3.8, 4) is 5.69 Å². The molecule has 0 bridgehead atoms. The molecule has 1 heterocycles. The smallest absolute Gasteiger partial charge is 0.109 e. The molecule has 0 spiro atoms. The molecule has 1 aromatic heterocycles. The van der Waals surface area contributed by atoms with Crippen molar-refractivity contribution in [2.45, 2.75) is 24.9 Å². The van der Waals surface area contributed by atoms with Crippen LogP contribution in [0.2, 0.25) is 0 Å². The Labute approximate surface area is 108 Å². The Balaban J connectivity index is 1.83. The van der Waals surface area contributed by atoms with Gasteiger partial charge in [-0.1, -0.05) is 12.1 Å². The van der Waals surface area contributed by atoms with Crippen molar-refractivity contribution in [2.24, 2.45) is 0 Å². The molecule has 1 aliphatic carbocycles. The topological polar surface area (TPSA) is 38.0 Å². The van der Waals surface area contributed by atoms with E-state index in [-0.39, 0.29) is 0 Å². The van der Waals surface area contributed by atoms with Crippen molar-refractivity contribution in [1.82, 2.24) is 9.78 Å². The van der Waals surface area contributed by atoms with Crippen molar-refractivity contribution in [2.75, 3.05) is 0 Å². The van der Waals surface area contributed by atoms with E-state index >= 15 is 0 Å². The molecule has 88 valence electrons. The summed E-state index contributed by atoms with van der Waals surface area (Å²) in [5, 5.41) is 14.1. The van der Waals surface area contributed by atoms with E-state index in [1.54, 1.807) is 6.20 Å². The van der Waals surface area contributed by atoms with Crippen molar-refractivity contribution in [3.05, 3.63) is 46.7 Å². The van der Waals surface area contributed by atoms with E-state index in [0.29, 0.717) is 0 Å². The van der Waals surface area contributed by atoms with Gasteiger partial charge in [0.25, 0.3) is 0 Å². The van der Waals surface area contributed by atoms with Crippen LogP contribution in [-0.2, 0) is 6.42 Å². The number of halogens is 1. The SMILES string of the molecule is OC1(Cc2ccc(-n3nccc3Br)cc2)CC1. The molecular formula is C13H13BrN2O. The van der Waals surface area contributed by atoms with Crippen LogP contribution in [0.1, 0.15) is 18.4 Å². The van der Waals surface area contributed by atoms with Crippen molar-refractivity contribution in [1.29, 1.82) is 0 Å². The predicted octanol–water partition coefficient (Wildman–Crippen LogP) is 2.70. The maximum atomic E-state index is 9.85. The standard InChI is InChI=1S/C13H13BrN2O/c14-12-5-8-15-16(12)11-3-1-10(2-4-11)9-13(17)6-7-13/h1-5,8,17H,6-7,9H2. The predicted molar refractivity (Wildman–Crippen MR) is 69.2 cm³/mol. The molecule has 3 rings (SSSR count). The van der Waals surface area contributed by atoms with Gasteiger partial charge < -0.3 is 5.11 Å². The van der Waals surface area contributed by atoms with Crippen LogP contribution in [-0.4, -0.2) is 20.5 Å². The van der Waals surface area contributed by atoms with E-state index in [1.165, 1.54) is 5.56 Å². The van der Waals surface area contributed by atoms with Gasteiger partial charge in [0.05, 0.1) is 17.5 Å². The summed E-state index contributed by atoms with van der Waals surface area (Å²) in [6.45, 7) is 0. The summed E-state index contributed by atoms with van der Waals surface area (Å²) in [4.78, 5) is 0. The normalized spacial score (nSPS) is 17.1. The van der Waals surface area contributed by atoms with Gasteiger partial charge in [-0.2, -0.15) is 5.10 Å². The first kappa shape index (κ1) is 11.0. The zero-order valence-electron chi connectivity index (χ0n) is 9.31. The third-order valence-electron chi connectivity index (χ3n) is 3.14. The molecule has 2 aromatic rings. The van der Waals surface area contributed by atoms with E-state index in [2.05, 4.69) is 33.2 Å². The van der Waals surface area contributed by atoms with Crippen molar-refractivity contribution in [3.63, 3.8) is 0 Å². The fraction of sp³-hybridized carbons (Fsp3) is 0.308. The van der Waals surface area contributed by atoms with E-state index in [4.69, 9.17) is 0 Å². The van der Waals surface area contributed by atoms with Gasteiger partial charge in [0.2, 0.25) is 0 Å². The quantitative estimate of drug-likeness (QED) is 0.945. The number of hydrogen-bond donors (Lipinski definition) is 1. The lowest BCUT2D eigenvalue weighted by Gasteiger charge is -2.08. The molecule has 0 aliphatic heterocycles. The number of benzene rings is 1. The third-order valence-corrected chi connectivity index (χ3v) is 3.74. The zero-order chi connectivity index (χ0) is 11.9. The lowest BCUT2D eigenvalue weighted by Crippen LogP contribution is -2.10. The van der Waals surface area contributed by atoms with Crippen LogP contribution in [0.4, 0.5) is 0 Å². The van der Waals surface area contributed by atoms with Gasteiger partial charge >= 0.3 is 0 Å². The maximum Gasteiger partial charge on any atom is 0.109 e. The average Bonchev–Trinajstić information content (AvgIpc) is 2.87. The second-order valence-corrected chi connectivity index (χ2v) is 5.45. The summed E-state index contributed by atoms with van der Waals surface area (Å²) in [7, 11) is 0. The highest BCUT2D eigenvalue weighted by molar-refractivity contribution is 9.10. The van der Waals surface area contributed by atoms with Crippen molar-refractivity contribution < 1.29 is 5.11 Å². The minimum Gasteiger partial charge on any atom is -0.390 e. The van der Waals surface area contributed by atoms with Gasteiger partial charge in [0, 0.05) is 6.42 Å². The fourth-order valence-electron chi connectivity index (χ4n) is 1.93. The molecule has 0 unspecified atom stereocenters. The Hall–Kier alpha value is -1.13. The van der Waals surface area contributed by atoms with E-state index in [1.807, 2.05) is 22.9 Å². The van der Waals surface area contributed by atoms with Gasteiger partial charge in [-0.3, -0.25) is 0 Å². The molecule has 1 N–H and O–H groups in total.